The Hall–Kier alpha value is -2.60. The molecule has 0 spiro atoms. The smallest absolute Gasteiger partial charge is 0.355 e. The van der Waals surface area contributed by atoms with Crippen molar-refractivity contribution in [1.82, 2.24) is 4.98 Å². The van der Waals surface area contributed by atoms with Crippen molar-refractivity contribution in [2.45, 2.75) is 26.9 Å². The lowest BCUT2D eigenvalue weighted by Gasteiger charge is -2.14. The van der Waals surface area contributed by atoms with Crippen LogP contribution < -0.4 is 5.32 Å². The van der Waals surface area contributed by atoms with Crippen LogP contribution in [0.1, 0.15) is 40.3 Å². The summed E-state index contributed by atoms with van der Waals surface area (Å²) >= 11 is 5.90. The highest BCUT2D eigenvalue weighted by atomic mass is 35.5. The fraction of sp³-hybridized carbons (Fsp3) is 0.235. The van der Waals surface area contributed by atoms with Crippen molar-refractivity contribution in [2.75, 3.05) is 5.32 Å². The number of aromatic nitrogens is 1. The molecule has 1 atom stereocenters. The Balaban J connectivity index is 2.01. The molecule has 0 aliphatic rings. The average Bonchev–Trinajstić information content (AvgIpc) is 3.01. The Morgan fingerprint density at radius 3 is 2.58 bits per heavy atom. The second-order valence-electron chi connectivity index (χ2n) is 5.35. The molecule has 1 aromatic carbocycles. The number of ketones is 1. The molecular formula is C17H17ClN2O4. The largest absolute Gasteiger partial charge is 0.448 e. The second kappa shape index (κ2) is 7.31. The standard InChI is InChI=1S/C17H17ClN2O4/c1-9-4-5-13(18)7-14(9)20-16(22)11(3)24-17(23)15-6-12(8-19-15)10(2)21/h4-8,11,19H,1-3H3,(H,20,22)/t11-/m1/s1. The van der Waals surface area contributed by atoms with Gasteiger partial charge in [-0.25, -0.2) is 4.79 Å². The Kier molecular flexibility index (Phi) is 5.41. The van der Waals surface area contributed by atoms with Crippen LogP contribution >= 0.6 is 11.6 Å². The van der Waals surface area contributed by atoms with Crippen LogP contribution in [0.4, 0.5) is 5.69 Å². The first-order valence-electron chi connectivity index (χ1n) is 7.25. The molecule has 1 aromatic heterocycles. The number of hydrogen-bond acceptors (Lipinski definition) is 4. The summed E-state index contributed by atoms with van der Waals surface area (Å²) in [6.45, 7) is 4.68. The molecule has 7 heteroatoms. The van der Waals surface area contributed by atoms with Gasteiger partial charge >= 0.3 is 5.97 Å². The lowest BCUT2D eigenvalue weighted by Crippen LogP contribution is -2.30. The van der Waals surface area contributed by atoms with Crippen LogP contribution in [0, 0.1) is 6.92 Å². The van der Waals surface area contributed by atoms with Crippen molar-refractivity contribution in [3.05, 3.63) is 52.3 Å². The number of amides is 1. The lowest BCUT2D eigenvalue weighted by atomic mass is 10.2. The third-order valence-corrected chi connectivity index (χ3v) is 3.66. The number of carbonyl (C=O) groups is 3. The van der Waals surface area contributed by atoms with Gasteiger partial charge in [-0.15, -0.1) is 0 Å². The van der Waals surface area contributed by atoms with E-state index >= 15 is 0 Å². The van der Waals surface area contributed by atoms with Crippen LogP contribution in [0.3, 0.4) is 0 Å². The van der Waals surface area contributed by atoms with Gasteiger partial charge in [0.1, 0.15) is 5.69 Å². The second-order valence-corrected chi connectivity index (χ2v) is 5.79. The number of anilines is 1. The molecular weight excluding hydrogens is 332 g/mol. The van der Waals surface area contributed by atoms with E-state index < -0.39 is 18.0 Å². The molecule has 24 heavy (non-hydrogen) atoms. The number of Topliss-reactive ketones (excluding diaryl/α,β-unsaturated/α-hetero) is 1. The van der Waals surface area contributed by atoms with E-state index in [1.165, 1.54) is 26.1 Å². The summed E-state index contributed by atoms with van der Waals surface area (Å²) in [5, 5.41) is 3.16. The molecule has 2 N–H and O–H groups in total. The number of ether oxygens (including phenoxy) is 1. The van der Waals surface area contributed by atoms with E-state index in [2.05, 4.69) is 10.3 Å². The monoisotopic (exact) mass is 348 g/mol. The molecule has 0 radical (unpaired) electrons. The summed E-state index contributed by atoms with van der Waals surface area (Å²) in [4.78, 5) is 38.0. The predicted molar refractivity (Wildman–Crippen MR) is 90.5 cm³/mol. The molecule has 0 unspecified atom stereocenters. The van der Waals surface area contributed by atoms with Crippen LogP contribution in [-0.4, -0.2) is 28.7 Å². The van der Waals surface area contributed by atoms with Gasteiger partial charge < -0.3 is 15.0 Å². The maximum Gasteiger partial charge on any atom is 0.355 e. The molecule has 1 amide bonds. The SMILES string of the molecule is CC(=O)c1c[nH]c(C(=O)O[C@H](C)C(=O)Nc2cc(Cl)ccc2C)c1. The van der Waals surface area contributed by atoms with Crippen molar-refractivity contribution >= 4 is 34.9 Å². The molecule has 1 heterocycles. The summed E-state index contributed by atoms with van der Waals surface area (Å²) < 4.78 is 5.11. The van der Waals surface area contributed by atoms with E-state index in [1.807, 2.05) is 6.92 Å². The van der Waals surface area contributed by atoms with Crippen LogP contribution in [0.2, 0.25) is 5.02 Å². The van der Waals surface area contributed by atoms with E-state index in [4.69, 9.17) is 16.3 Å². The number of esters is 1. The van der Waals surface area contributed by atoms with E-state index in [1.54, 1.807) is 18.2 Å². The molecule has 0 saturated carbocycles. The zero-order valence-electron chi connectivity index (χ0n) is 13.5. The van der Waals surface area contributed by atoms with E-state index in [9.17, 15) is 14.4 Å². The number of hydrogen-bond donors (Lipinski definition) is 2. The van der Waals surface area contributed by atoms with Crippen molar-refractivity contribution in [1.29, 1.82) is 0 Å². The topological polar surface area (TPSA) is 88.3 Å². The van der Waals surface area contributed by atoms with Gasteiger partial charge in [0.2, 0.25) is 0 Å². The van der Waals surface area contributed by atoms with Gasteiger partial charge in [0.25, 0.3) is 5.91 Å². The molecule has 2 aromatic rings. The van der Waals surface area contributed by atoms with Gasteiger partial charge in [-0.2, -0.15) is 0 Å². The molecule has 0 aliphatic heterocycles. The number of rotatable bonds is 5. The molecule has 0 aliphatic carbocycles. The number of halogens is 1. The minimum absolute atomic E-state index is 0.110. The van der Waals surface area contributed by atoms with Gasteiger partial charge in [0.05, 0.1) is 0 Å². The van der Waals surface area contributed by atoms with Gasteiger partial charge in [0, 0.05) is 22.5 Å². The summed E-state index contributed by atoms with van der Waals surface area (Å²) in [6, 6.07) is 6.49. The van der Waals surface area contributed by atoms with E-state index in [-0.39, 0.29) is 11.5 Å². The van der Waals surface area contributed by atoms with Gasteiger partial charge in [-0.1, -0.05) is 17.7 Å². The Morgan fingerprint density at radius 1 is 1.25 bits per heavy atom. The molecule has 0 fully saturated rings. The van der Waals surface area contributed by atoms with E-state index in [0.717, 1.165) is 5.56 Å². The number of nitrogens with one attached hydrogen (secondary N) is 2. The third kappa shape index (κ3) is 4.23. The first kappa shape index (κ1) is 17.7. The summed E-state index contributed by atoms with van der Waals surface area (Å²) in [6.07, 6.45) is 0.402. The van der Waals surface area contributed by atoms with Crippen molar-refractivity contribution in [3.63, 3.8) is 0 Å². The zero-order chi connectivity index (χ0) is 17.9. The quantitative estimate of drug-likeness (QED) is 0.640. The van der Waals surface area contributed by atoms with Gasteiger partial charge in [-0.05, 0) is 44.5 Å². The molecule has 2 rings (SSSR count). The number of aryl methyl sites for hydroxylation is 1. The Labute approximate surface area is 144 Å². The minimum atomic E-state index is -1.01. The first-order valence-corrected chi connectivity index (χ1v) is 7.63. The number of benzene rings is 1. The average molecular weight is 349 g/mol. The van der Waals surface area contributed by atoms with Crippen LogP contribution in [0.5, 0.6) is 0 Å². The summed E-state index contributed by atoms with van der Waals surface area (Å²) in [5.41, 5.74) is 1.86. The molecule has 126 valence electrons. The first-order chi connectivity index (χ1) is 11.3. The third-order valence-electron chi connectivity index (χ3n) is 3.42. The summed E-state index contributed by atoms with van der Waals surface area (Å²) in [7, 11) is 0. The highest BCUT2D eigenvalue weighted by Crippen LogP contribution is 2.20. The van der Waals surface area contributed by atoms with Crippen molar-refractivity contribution < 1.29 is 19.1 Å². The van der Waals surface area contributed by atoms with E-state index in [0.29, 0.717) is 16.3 Å². The fourth-order valence-electron chi connectivity index (χ4n) is 1.96. The molecule has 0 bridgehead atoms. The number of H-pyrrole nitrogens is 1. The van der Waals surface area contributed by atoms with Gasteiger partial charge in [-0.3, -0.25) is 9.59 Å². The zero-order valence-corrected chi connectivity index (χ0v) is 14.2. The van der Waals surface area contributed by atoms with Gasteiger partial charge in [0.15, 0.2) is 11.9 Å². The number of carbonyl (C=O) groups excluding carboxylic acids is 3. The fourth-order valence-corrected chi connectivity index (χ4v) is 2.13. The lowest BCUT2D eigenvalue weighted by molar-refractivity contribution is -0.123. The van der Waals surface area contributed by atoms with Crippen LogP contribution in [0.25, 0.3) is 0 Å². The van der Waals surface area contributed by atoms with Crippen molar-refractivity contribution in [2.24, 2.45) is 0 Å². The maximum absolute atomic E-state index is 12.2. The van der Waals surface area contributed by atoms with Crippen molar-refractivity contribution in [3.8, 4) is 0 Å². The highest BCUT2D eigenvalue weighted by molar-refractivity contribution is 6.31. The van der Waals surface area contributed by atoms with Crippen LogP contribution in [0.15, 0.2) is 30.5 Å². The Bertz CT molecular complexity index is 798. The number of aromatic amines is 1. The normalized spacial score (nSPS) is 11.7. The minimum Gasteiger partial charge on any atom is -0.448 e. The van der Waals surface area contributed by atoms with Crippen LogP contribution in [-0.2, 0) is 9.53 Å². The predicted octanol–water partition coefficient (Wildman–Crippen LogP) is 3.36. The highest BCUT2D eigenvalue weighted by Gasteiger charge is 2.21. The Morgan fingerprint density at radius 2 is 1.96 bits per heavy atom. The summed E-state index contributed by atoms with van der Waals surface area (Å²) in [5.74, 6) is -1.37. The molecule has 0 saturated heterocycles. The molecule has 6 nitrogen and oxygen atoms in total. The maximum atomic E-state index is 12.2.